The van der Waals surface area contributed by atoms with Gasteiger partial charge in [-0.2, -0.15) is 0 Å². The lowest BCUT2D eigenvalue weighted by Gasteiger charge is -2.04. The number of thioether (sulfide) groups is 1. The Morgan fingerprint density at radius 2 is 2.09 bits per heavy atom. The zero-order valence-corrected chi connectivity index (χ0v) is 13.7. The molecule has 0 radical (unpaired) electrons. The van der Waals surface area contributed by atoms with Gasteiger partial charge >= 0.3 is 0 Å². The molecule has 3 rings (SSSR count). The number of thiophene rings is 1. The number of rotatable bonds is 5. The zero-order valence-electron chi connectivity index (χ0n) is 12.1. The van der Waals surface area contributed by atoms with E-state index in [2.05, 4.69) is 28.3 Å². The molecule has 2 heterocycles. The molecule has 0 atom stereocenters. The molecule has 112 valence electrons. The van der Waals surface area contributed by atoms with E-state index >= 15 is 0 Å². The van der Waals surface area contributed by atoms with Gasteiger partial charge in [0.2, 0.25) is 5.91 Å². The molecule has 6 heteroatoms. The molecule has 0 bridgehead atoms. The highest BCUT2D eigenvalue weighted by molar-refractivity contribution is 8.00. The van der Waals surface area contributed by atoms with Crippen LogP contribution in [0.5, 0.6) is 0 Å². The van der Waals surface area contributed by atoms with Gasteiger partial charge in [0.25, 0.3) is 0 Å². The zero-order chi connectivity index (χ0) is 15.4. The van der Waals surface area contributed by atoms with Crippen molar-refractivity contribution in [1.29, 1.82) is 0 Å². The number of carbonyl (C=O) groups is 1. The van der Waals surface area contributed by atoms with Gasteiger partial charge in [-0.25, -0.2) is 9.97 Å². The van der Waals surface area contributed by atoms with Gasteiger partial charge in [-0.3, -0.25) is 4.79 Å². The van der Waals surface area contributed by atoms with Crippen LogP contribution in [0.15, 0.2) is 47.8 Å². The molecule has 1 amide bonds. The fourth-order valence-electron chi connectivity index (χ4n) is 2.03. The third-order valence-corrected chi connectivity index (χ3v) is 5.28. The molecule has 0 fully saturated rings. The number of anilines is 1. The first kappa shape index (κ1) is 15.0. The fraction of sp³-hybridized carbons (Fsp3) is 0.188. The normalized spacial score (nSPS) is 10.8. The summed E-state index contributed by atoms with van der Waals surface area (Å²) < 4.78 is 0. The Labute approximate surface area is 137 Å². The third kappa shape index (κ3) is 3.45. The quantitative estimate of drug-likeness (QED) is 0.568. The van der Waals surface area contributed by atoms with E-state index in [1.807, 2.05) is 30.3 Å². The van der Waals surface area contributed by atoms with E-state index in [9.17, 15) is 4.79 Å². The summed E-state index contributed by atoms with van der Waals surface area (Å²) in [5.74, 6) is 0.298. The summed E-state index contributed by atoms with van der Waals surface area (Å²) in [6.45, 7) is 2.12. The van der Waals surface area contributed by atoms with Crippen molar-refractivity contribution < 1.29 is 4.79 Å². The number of aromatic nitrogens is 2. The predicted molar refractivity (Wildman–Crippen MR) is 92.6 cm³/mol. The van der Waals surface area contributed by atoms with Crippen LogP contribution in [0.3, 0.4) is 0 Å². The van der Waals surface area contributed by atoms with Crippen molar-refractivity contribution in [3.63, 3.8) is 0 Å². The number of nitrogens with zero attached hydrogens (tertiary/aromatic N) is 2. The molecule has 0 aliphatic carbocycles. The number of carbonyl (C=O) groups excluding carboxylic acids is 1. The molecular weight excluding hydrogens is 314 g/mol. The van der Waals surface area contributed by atoms with Crippen LogP contribution in [0.25, 0.3) is 10.2 Å². The second-order valence-corrected chi connectivity index (χ2v) is 6.75. The predicted octanol–water partition coefficient (Wildman–Crippen LogP) is 3.98. The minimum Gasteiger partial charge on any atom is -0.325 e. The van der Waals surface area contributed by atoms with E-state index in [1.165, 1.54) is 16.6 Å². The minimum atomic E-state index is -0.0334. The Morgan fingerprint density at radius 3 is 2.86 bits per heavy atom. The lowest BCUT2D eigenvalue weighted by Crippen LogP contribution is -2.13. The van der Waals surface area contributed by atoms with E-state index < -0.39 is 0 Å². The first-order valence-electron chi connectivity index (χ1n) is 6.97. The average molecular weight is 329 g/mol. The number of amides is 1. The lowest BCUT2D eigenvalue weighted by molar-refractivity contribution is -0.113. The molecule has 0 unspecified atom stereocenters. The van der Waals surface area contributed by atoms with Crippen molar-refractivity contribution in [3.05, 3.63) is 47.6 Å². The number of nitrogens with one attached hydrogen (secondary N) is 1. The Kier molecular flexibility index (Phi) is 4.70. The van der Waals surface area contributed by atoms with Crippen molar-refractivity contribution in [3.8, 4) is 0 Å². The highest BCUT2D eigenvalue weighted by Gasteiger charge is 2.10. The maximum Gasteiger partial charge on any atom is 0.234 e. The van der Waals surface area contributed by atoms with Gasteiger partial charge < -0.3 is 5.32 Å². The molecule has 1 aromatic carbocycles. The van der Waals surface area contributed by atoms with Crippen molar-refractivity contribution in [1.82, 2.24) is 9.97 Å². The molecule has 0 saturated carbocycles. The van der Waals surface area contributed by atoms with Crippen LogP contribution in [-0.2, 0) is 11.2 Å². The summed E-state index contributed by atoms with van der Waals surface area (Å²) >= 11 is 3.13. The number of benzene rings is 1. The molecule has 4 nitrogen and oxygen atoms in total. The third-order valence-electron chi connectivity index (χ3n) is 3.09. The maximum absolute atomic E-state index is 12.0. The van der Waals surface area contributed by atoms with Gasteiger partial charge in [-0.1, -0.05) is 36.9 Å². The van der Waals surface area contributed by atoms with Crippen LogP contribution < -0.4 is 5.32 Å². The second kappa shape index (κ2) is 6.89. The number of fused-ring (bicyclic) bond motifs is 1. The molecule has 0 aliphatic heterocycles. The Bertz CT molecular complexity index is 786. The van der Waals surface area contributed by atoms with Crippen molar-refractivity contribution in [2.45, 2.75) is 18.4 Å². The summed E-state index contributed by atoms with van der Waals surface area (Å²) in [5.41, 5.74) is 0.810. The number of aryl methyl sites for hydroxylation is 1. The molecule has 0 spiro atoms. The van der Waals surface area contributed by atoms with E-state index in [1.54, 1.807) is 17.7 Å². The topological polar surface area (TPSA) is 54.9 Å². The molecule has 3 aromatic rings. The maximum atomic E-state index is 12.0. The van der Waals surface area contributed by atoms with Gasteiger partial charge in [0.1, 0.15) is 16.2 Å². The van der Waals surface area contributed by atoms with Crippen LogP contribution in [-0.4, -0.2) is 21.6 Å². The van der Waals surface area contributed by atoms with Crippen molar-refractivity contribution in [2.24, 2.45) is 0 Å². The summed E-state index contributed by atoms with van der Waals surface area (Å²) in [6, 6.07) is 11.6. The van der Waals surface area contributed by atoms with Gasteiger partial charge in [-0.15, -0.1) is 11.3 Å². The molecular formula is C16H15N3OS2. The number of para-hydroxylation sites is 1. The minimum absolute atomic E-state index is 0.0334. The molecule has 22 heavy (non-hydrogen) atoms. The molecule has 0 saturated heterocycles. The van der Waals surface area contributed by atoms with Gasteiger partial charge in [0, 0.05) is 16.0 Å². The van der Waals surface area contributed by atoms with E-state index in [-0.39, 0.29) is 5.91 Å². The first-order chi connectivity index (χ1) is 10.8. The Hall–Kier alpha value is -1.92. The SMILES string of the molecule is CCc1cc2c(SCC(=O)Nc3ccccc3)ncnc2s1. The van der Waals surface area contributed by atoms with Crippen LogP contribution >= 0.6 is 23.1 Å². The van der Waals surface area contributed by atoms with Crippen LogP contribution in [0.1, 0.15) is 11.8 Å². The van der Waals surface area contributed by atoms with Gasteiger partial charge in [0.05, 0.1) is 5.75 Å². The lowest BCUT2D eigenvalue weighted by atomic mass is 10.3. The smallest absolute Gasteiger partial charge is 0.234 e. The average Bonchev–Trinajstić information content (AvgIpc) is 2.97. The van der Waals surface area contributed by atoms with Crippen molar-refractivity contribution >= 4 is 44.9 Å². The van der Waals surface area contributed by atoms with Crippen LogP contribution in [0.4, 0.5) is 5.69 Å². The van der Waals surface area contributed by atoms with E-state index in [0.717, 1.165) is 27.4 Å². The van der Waals surface area contributed by atoms with E-state index in [4.69, 9.17) is 0 Å². The molecule has 1 N–H and O–H groups in total. The van der Waals surface area contributed by atoms with Gasteiger partial charge in [0.15, 0.2) is 0 Å². The van der Waals surface area contributed by atoms with Crippen molar-refractivity contribution in [2.75, 3.05) is 11.1 Å². The highest BCUT2D eigenvalue weighted by atomic mass is 32.2. The Balaban J connectivity index is 1.68. The van der Waals surface area contributed by atoms with Crippen LogP contribution in [0.2, 0.25) is 0 Å². The summed E-state index contributed by atoms with van der Waals surface area (Å²) in [5, 5.41) is 4.78. The monoisotopic (exact) mass is 329 g/mol. The summed E-state index contributed by atoms with van der Waals surface area (Å²) in [4.78, 5) is 22.9. The van der Waals surface area contributed by atoms with E-state index in [0.29, 0.717) is 5.75 Å². The molecule has 2 aromatic heterocycles. The highest BCUT2D eigenvalue weighted by Crippen LogP contribution is 2.30. The van der Waals surface area contributed by atoms with Gasteiger partial charge in [-0.05, 0) is 24.6 Å². The first-order valence-corrected chi connectivity index (χ1v) is 8.77. The second-order valence-electron chi connectivity index (χ2n) is 4.67. The number of hydrogen-bond acceptors (Lipinski definition) is 5. The molecule has 0 aliphatic rings. The largest absolute Gasteiger partial charge is 0.325 e. The fourth-order valence-corrected chi connectivity index (χ4v) is 3.80. The Morgan fingerprint density at radius 1 is 1.27 bits per heavy atom. The number of hydrogen-bond donors (Lipinski definition) is 1. The standard InChI is InChI=1S/C16H15N3OS2/c1-2-12-8-13-15(17-10-18-16(13)22-12)21-9-14(20)19-11-6-4-3-5-7-11/h3-8,10H,2,9H2,1H3,(H,19,20). The van der Waals surface area contributed by atoms with Crippen LogP contribution in [0, 0.1) is 0 Å². The summed E-state index contributed by atoms with van der Waals surface area (Å²) in [6.07, 6.45) is 2.55. The summed E-state index contributed by atoms with van der Waals surface area (Å²) in [7, 11) is 0.